The minimum atomic E-state index is -0.426. The van der Waals surface area contributed by atoms with Crippen molar-refractivity contribution in [2.45, 2.75) is 63.8 Å². The molecule has 206 valence electrons. The minimum absolute atomic E-state index is 0.151. The fraction of sp³-hybridized carbons (Fsp3) is 0.600. The molecule has 2 saturated heterocycles. The highest BCUT2D eigenvalue weighted by Gasteiger charge is 2.24. The zero-order chi connectivity index (χ0) is 26.7. The molecule has 2 fully saturated rings. The van der Waals surface area contributed by atoms with Crippen molar-refractivity contribution in [3.05, 3.63) is 59.7 Å². The van der Waals surface area contributed by atoms with Crippen molar-refractivity contribution in [2.75, 3.05) is 53.9 Å². The Bertz CT molecular complexity index is 891. The Morgan fingerprint density at radius 3 is 1.92 bits per heavy atom. The van der Waals surface area contributed by atoms with Gasteiger partial charge in [0.1, 0.15) is 18.1 Å². The molecule has 2 heterocycles. The van der Waals surface area contributed by atoms with Crippen molar-refractivity contribution in [2.24, 2.45) is 0 Å². The molecule has 4 rings (SSSR count). The summed E-state index contributed by atoms with van der Waals surface area (Å²) in [5.74, 6) is 1.58. The Hall–Kier alpha value is -2.16. The van der Waals surface area contributed by atoms with E-state index in [1.807, 2.05) is 31.2 Å². The van der Waals surface area contributed by atoms with Crippen LogP contribution in [0.4, 0.5) is 0 Å². The maximum Gasteiger partial charge on any atom is 0.189 e. The van der Waals surface area contributed by atoms with Gasteiger partial charge in [0.2, 0.25) is 0 Å². The summed E-state index contributed by atoms with van der Waals surface area (Å²) in [6.07, 6.45) is 3.34. The first kappa shape index (κ1) is 29.4. The van der Waals surface area contributed by atoms with Gasteiger partial charge < -0.3 is 33.7 Å². The fourth-order valence-electron chi connectivity index (χ4n) is 3.81. The molecule has 0 aliphatic carbocycles. The second-order valence-electron chi connectivity index (χ2n) is 10.5. The van der Waals surface area contributed by atoms with Gasteiger partial charge in [-0.1, -0.05) is 45.0 Å². The molecule has 3 unspecified atom stereocenters. The molecule has 0 bridgehead atoms. The van der Waals surface area contributed by atoms with Crippen LogP contribution >= 0.6 is 0 Å². The molecular formula is C30H45NO6. The van der Waals surface area contributed by atoms with E-state index in [0.29, 0.717) is 31.8 Å². The number of epoxide rings is 2. The van der Waals surface area contributed by atoms with Crippen LogP contribution in [0.2, 0.25) is 0 Å². The maximum atomic E-state index is 9.64. The highest BCUT2D eigenvalue weighted by molar-refractivity contribution is 5.41. The van der Waals surface area contributed by atoms with Crippen molar-refractivity contribution >= 4 is 0 Å². The first-order chi connectivity index (χ1) is 17.8. The normalized spacial score (nSPS) is 19.1. The van der Waals surface area contributed by atoms with Gasteiger partial charge in [-0.2, -0.15) is 0 Å². The van der Waals surface area contributed by atoms with Crippen molar-refractivity contribution in [1.29, 1.82) is 0 Å². The van der Waals surface area contributed by atoms with Gasteiger partial charge in [0.25, 0.3) is 0 Å². The number of hydrogen-bond acceptors (Lipinski definition) is 7. The summed E-state index contributed by atoms with van der Waals surface area (Å²) in [5.41, 5.74) is 2.25. The van der Waals surface area contributed by atoms with Crippen LogP contribution in [0.25, 0.3) is 0 Å². The van der Waals surface area contributed by atoms with Gasteiger partial charge in [-0.25, -0.2) is 0 Å². The molecule has 0 saturated carbocycles. The van der Waals surface area contributed by atoms with Gasteiger partial charge in [-0.15, -0.1) is 0 Å². The van der Waals surface area contributed by atoms with Crippen molar-refractivity contribution < 1.29 is 28.8 Å². The lowest BCUT2D eigenvalue weighted by Gasteiger charge is -2.26. The van der Waals surface area contributed by atoms with Gasteiger partial charge in [-0.3, -0.25) is 0 Å². The van der Waals surface area contributed by atoms with E-state index >= 15 is 0 Å². The Labute approximate surface area is 222 Å². The molecule has 0 radical (unpaired) electrons. The van der Waals surface area contributed by atoms with E-state index in [9.17, 15) is 5.11 Å². The molecule has 0 amide bonds. The quantitative estimate of drug-likeness (QED) is 0.210. The van der Waals surface area contributed by atoms with E-state index in [1.54, 1.807) is 0 Å². The second kappa shape index (κ2) is 14.7. The number of rotatable bonds is 15. The summed E-state index contributed by atoms with van der Waals surface area (Å²) >= 11 is 0. The van der Waals surface area contributed by atoms with Crippen LogP contribution in [0, 0.1) is 0 Å². The zero-order valence-corrected chi connectivity index (χ0v) is 23.2. The van der Waals surface area contributed by atoms with Crippen molar-refractivity contribution in [1.82, 2.24) is 4.90 Å². The van der Waals surface area contributed by atoms with Crippen molar-refractivity contribution in [3.63, 3.8) is 0 Å². The van der Waals surface area contributed by atoms with Crippen LogP contribution in [0.15, 0.2) is 48.5 Å². The van der Waals surface area contributed by atoms with Crippen LogP contribution < -0.4 is 9.47 Å². The zero-order valence-electron chi connectivity index (χ0n) is 23.2. The Balaban J connectivity index is 0.000000468. The van der Waals surface area contributed by atoms with Crippen LogP contribution in [-0.2, 0) is 19.6 Å². The summed E-state index contributed by atoms with van der Waals surface area (Å²) in [6.45, 7) is 10.6. The molecule has 7 nitrogen and oxygen atoms in total. The Morgan fingerprint density at radius 1 is 0.919 bits per heavy atom. The summed E-state index contributed by atoms with van der Waals surface area (Å²) in [6, 6.07) is 16.3. The average molecular weight is 516 g/mol. The van der Waals surface area contributed by atoms with Gasteiger partial charge >= 0.3 is 0 Å². The maximum absolute atomic E-state index is 9.64. The third kappa shape index (κ3) is 11.0. The van der Waals surface area contributed by atoms with E-state index in [-0.39, 0.29) is 12.2 Å². The van der Waals surface area contributed by atoms with Gasteiger partial charge in [0.15, 0.2) is 6.79 Å². The molecule has 2 aromatic carbocycles. The standard InChI is InChI=1S/C25H34O5.C5H11NO/c1-4-21(26)16-28-22-11-7-19(8-12-22)25(2,3)20-9-13-23(14-10-20)30-18-27-15-5-6-24-17-29-24;1-6(2)3-5-4-7-5/h7-14,21,24,26H,4-6,15-18H2,1-3H3;5H,3-4H2,1-2H3. The highest BCUT2D eigenvalue weighted by Crippen LogP contribution is 2.33. The average Bonchev–Trinajstić information content (AvgIpc) is 3.82. The first-order valence-corrected chi connectivity index (χ1v) is 13.4. The van der Waals surface area contributed by atoms with E-state index in [4.69, 9.17) is 23.7 Å². The van der Waals surface area contributed by atoms with Crippen molar-refractivity contribution in [3.8, 4) is 11.5 Å². The summed E-state index contributed by atoms with van der Waals surface area (Å²) in [4.78, 5) is 2.14. The SMILES string of the molecule is CCC(O)COc1ccc(C(C)(C)c2ccc(OCOCCCC3CO3)cc2)cc1.CN(C)CC1CO1. The molecule has 7 heteroatoms. The lowest BCUT2D eigenvalue weighted by atomic mass is 9.78. The predicted molar refractivity (Wildman–Crippen MR) is 146 cm³/mol. The summed E-state index contributed by atoms with van der Waals surface area (Å²) < 4.78 is 27.0. The van der Waals surface area contributed by atoms with E-state index < -0.39 is 6.10 Å². The minimum Gasteiger partial charge on any atom is -0.491 e. The third-order valence-electron chi connectivity index (χ3n) is 6.56. The van der Waals surface area contributed by atoms with E-state index in [2.05, 4.69) is 57.1 Å². The largest absolute Gasteiger partial charge is 0.491 e. The van der Waals surface area contributed by atoms with E-state index in [0.717, 1.165) is 44.1 Å². The lowest BCUT2D eigenvalue weighted by molar-refractivity contribution is 0.0131. The predicted octanol–water partition coefficient (Wildman–Crippen LogP) is 4.64. The lowest BCUT2D eigenvalue weighted by Crippen LogP contribution is -2.19. The first-order valence-electron chi connectivity index (χ1n) is 13.4. The molecule has 0 spiro atoms. The topological polar surface area (TPSA) is 76.2 Å². The molecule has 2 aromatic rings. The number of aliphatic hydroxyl groups excluding tert-OH is 1. The molecule has 1 N–H and O–H groups in total. The Kier molecular flexibility index (Phi) is 11.7. The smallest absolute Gasteiger partial charge is 0.189 e. The summed E-state index contributed by atoms with van der Waals surface area (Å²) in [5, 5.41) is 9.64. The Morgan fingerprint density at radius 2 is 1.46 bits per heavy atom. The van der Waals surface area contributed by atoms with Crippen LogP contribution in [0.1, 0.15) is 51.2 Å². The van der Waals surface area contributed by atoms with Gasteiger partial charge in [0, 0.05) is 12.0 Å². The molecule has 2 aliphatic rings. The van der Waals surface area contributed by atoms with E-state index in [1.165, 1.54) is 11.1 Å². The van der Waals surface area contributed by atoms with Gasteiger partial charge in [0.05, 0.1) is 38.1 Å². The number of hydrogen-bond donors (Lipinski definition) is 1. The molecular weight excluding hydrogens is 470 g/mol. The number of ether oxygens (including phenoxy) is 5. The number of nitrogens with zero attached hydrogens (tertiary/aromatic N) is 1. The number of likely N-dealkylation sites (N-methyl/N-ethyl adjacent to an activating group) is 1. The molecule has 0 aromatic heterocycles. The second-order valence-corrected chi connectivity index (χ2v) is 10.5. The fourth-order valence-corrected chi connectivity index (χ4v) is 3.81. The number of aliphatic hydroxyl groups is 1. The van der Waals surface area contributed by atoms with Crippen LogP contribution in [0.3, 0.4) is 0 Å². The van der Waals surface area contributed by atoms with Crippen LogP contribution in [0.5, 0.6) is 11.5 Å². The molecule has 2 aliphatic heterocycles. The molecule has 3 atom stereocenters. The highest BCUT2D eigenvalue weighted by atomic mass is 16.7. The monoisotopic (exact) mass is 515 g/mol. The third-order valence-corrected chi connectivity index (χ3v) is 6.56. The molecule has 37 heavy (non-hydrogen) atoms. The van der Waals surface area contributed by atoms with Gasteiger partial charge in [-0.05, 0) is 68.8 Å². The van der Waals surface area contributed by atoms with Crippen LogP contribution in [-0.4, -0.2) is 82.2 Å². The summed E-state index contributed by atoms with van der Waals surface area (Å²) in [7, 11) is 4.11. The number of benzene rings is 2.